The van der Waals surface area contributed by atoms with Gasteiger partial charge in [0.2, 0.25) is 0 Å². The molecule has 0 saturated heterocycles. The van der Waals surface area contributed by atoms with E-state index < -0.39 is 5.91 Å². The molecule has 6 heteroatoms. The van der Waals surface area contributed by atoms with Crippen LogP contribution in [0.4, 0.5) is 0 Å². The highest BCUT2D eigenvalue weighted by Gasteiger charge is 2.14. The lowest BCUT2D eigenvalue weighted by molar-refractivity contribution is 0.0973. The highest BCUT2D eigenvalue weighted by Crippen LogP contribution is 2.28. The minimum Gasteiger partial charge on any atom is -0.451 e. The Hall–Kier alpha value is -2.37. The van der Waals surface area contributed by atoms with Crippen molar-refractivity contribution in [3.8, 4) is 0 Å². The lowest BCUT2D eigenvalue weighted by atomic mass is 10.2. The van der Waals surface area contributed by atoms with E-state index in [2.05, 4.69) is 4.99 Å². The quantitative estimate of drug-likeness (QED) is 0.496. The molecule has 0 aliphatic carbocycles. The number of thiazole rings is 1. The molecule has 0 saturated carbocycles. The number of halogens is 1. The van der Waals surface area contributed by atoms with Crippen molar-refractivity contribution in [2.24, 2.45) is 12.0 Å². The first kappa shape index (κ1) is 15.2. The van der Waals surface area contributed by atoms with E-state index in [1.807, 2.05) is 54.9 Å². The first-order valence-electron chi connectivity index (χ1n) is 7.37. The summed E-state index contributed by atoms with van der Waals surface area (Å²) in [6.07, 6.45) is 0. The number of benzene rings is 2. The highest BCUT2D eigenvalue weighted by molar-refractivity contribution is 7.17. The van der Waals surface area contributed by atoms with E-state index in [-0.39, 0.29) is 5.76 Å². The van der Waals surface area contributed by atoms with E-state index in [1.54, 1.807) is 6.07 Å². The zero-order valence-corrected chi connectivity index (χ0v) is 14.6. The first-order chi connectivity index (χ1) is 11.5. The molecule has 4 aromatic rings. The van der Waals surface area contributed by atoms with Gasteiger partial charge in [-0.3, -0.25) is 4.79 Å². The summed E-state index contributed by atoms with van der Waals surface area (Å²) in [6, 6.07) is 13.0. The van der Waals surface area contributed by atoms with Crippen LogP contribution in [0.1, 0.15) is 16.1 Å². The molecule has 4 nitrogen and oxygen atoms in total. The summed E-state index contributed by atoms with van der Waals surface area (Å²) >= 11 is 7.67. The zero-order valence-electron chi connectivity index (χ0n) is 13.0. The number of rotatable bonds is 1. The Morgan fingerprint density at radius 2 is 2.04 bits per heavy atom. The van der Waals surface area contributed by atoms with Crippen LogP contribution in [-0.2, 0) is 7.05 Å². The number of furan rings is 1. The van der Waals surface area contributed by atoms with Gasteiger partial charge in [0, 0.05) is 12.4 Å². The van der Waals surface area contributed by atoms with E-state index >= 15 is 0 Å². The SMILES string of the molecule is Cc1ccc(Cl)c2sc(=NC(=O)c3cc4ccccc4o3)n(C)c12. The lowest BCUT2D eigenvalue weighted by Crippen LogP contribution is -2.13. The largest absolute Gasteiger partial charge is 0.451 e. The van der Waals surface area contributed by atoms with Gasteiger partial charge in [0.25, 0.3) is 0 Å². The minimum atomic E-state index is -0.401. The van der Waals surface area contributed by atoms with Gasteiger partial charge in [0.15, 0.2) is 10.6 Å². The standard InChI is InChI=1S/C18H13ClN2O2S/c1-10-7-8-12(19)16-15(10)21(2)18(24-16)20-17(22)14-9-11-5-3-4-6-13(11)23-14/h3-9H,1-2H3. The average Bonchev–Trinajstić information content (AvgIpc) is 3.14. The first-order valence-corrected chi connectivity index (χ1v) is 8.56. The highest BCUT2D eigenvalue weighted by atomic mass is 35.5. The molecule has 0 N–H and O–H groups in total. The topological polar surface area (TPSA) is 47.5 Å². The normalized spacial score (nSPS) is 12.4. The summed E-state index contributed by atoms with van der Waals surface area (Å²) in [6.45, 7) is 2.01. The lowest BCUT2D eigenvalue weighted by Gasteiger charge is -2.00. The maximum Gasteiger partial charge on any atom is 0.315 e. The van der Waals surface area contributed by atoms with Gasteiger partial charge in [-0.25, -0.2) is 0 Å². The molecule has 0 radical (unpaired) electrons. The van der Waals surface area contributed by atoms with E-state index in [0.717, 1.165) is 21.2 Å². The summed E-state index contributed by atoms with van der Waals surface area (Å²) in [7, 11) is 1.88. The molecular formula is C18H13ClN2O2S. The van der Waals surface area contributed by atoms with Crippen molar-refractivity contribution in [1.82, 2.24) is 4.57 Å². The van der Waals surface area contributed by atoms with Gasteiger partial charge in [0.05, 0.1) is 15.2 Å². The van der Waals surface area contributed by atoms with E-state index in [4.69, 9.17) is 16.0 Å². The van der Waals surface area contributed by atoms with Crippen molar-refractivity contribution in [2.45, 2.75) is 6.92 Å². The predicted molar refractivity (Wildman–Crippen MR) is 96.7 cm³/mol. The summed E-state index contributed by atoms with van der Waals surface area (Å²) in [5.74, 6) is -0.168. The molecule has 2 aromatic heterocycles. The van der Waals surface area contributed by atoms with Gasteiger partial charge in [-0.05, 0) is 30.7 Å². The summed E-state index contributed by atoms with van der Waals surface area (Å²) in [5.41, 5.74) is 2.75. The fraction of sp³-hybridized carbons (Fsp3) is 0.111. The number of nitrogens with zero attached hydrogens (tertiary/aromatic N) is 2. The second-order valence-corrected chi connectivity index (χ2v) is 6.94. The van der Waals surface area contributed by atoms with Gasteiger partial charge in [-0.15, -0.1) is 0 Å². The van der Waals surface area contributed by atoms with Gasteiger partial charge in [-0.2, -0.15) is 4.99 Å². The fourth-order valence-electron chi connectivity index (χ4n) is 2.74. The van der Waals surface area contributed by atoms with Crippen LogP contribution in [0.3, 0.4) is 0 Å². The minimum absolute atomic E-state index is 0.233. The number of amides is 1. The molecule has 0 aliphatic heterocycles. The maximum atomic E-state index is 12.5. The molecule has 0 bridgehead atoms. The Morgan fingerprint density at radius 1 is 1.25 bits per heavy atom. The third kappa shape index (κ3) is 2.37. The van der Waals surface area contributed by atoms with Crippen molar-refractivity contribution in [3.05, 3.63) is 63.6 Å². The van der Waals surface area contributed by atoms with Crippen LogP contribution in [0.5, 0.6) is 0 Å². The molecule has 24 heavy (non-hydrogen) atoms. The van der Waals surface area contributed by atoms with Gasteiger partial charge >= 0.3 is 5.91 Å². The number of aryl methyl sites for hydroxylation is 2. The molecule has 0 unspecified atom stereocenters. The maximum absolute atomic E-state index is 12.5. The average molecular weight is 357 g/mol. The van der Waals surface area contributed by atoms with Crippen LogP contribution < -0.4 is 4.80 Å². The Morgan fingerprint density at radius 3 is 2.79 bits per heavy atom. The molecule has 0 aliphatic rings. The Labute approximate surface area is 146 Å². The van der Waals surface area contributed by atoms with Crippen molar-refractivity contribution >= 4 is 50.0 Å². The third-order valence-corrected chi connectivity index (χ3v) is 5.53. The molecule has 1 amide bonds. The fourth-order valence-corrected chi connectivity index (χ4v) is 4.11. The Kier molecular flexibility index (Phi) is 3.55. The van der Waals surface area contributed by atoms with Crippen molar-refractivity contribution in [2.75, 3.05) is 0 Å². The Bertz CT molecular complexity index is 1130. The number of carbonyl (C=O) groups is 1. The predicted octanol–water partition coefficient (Wildman–Crippen LogP) is 4.69. The molecule has 2 aromatic carbocycles. The van der Waals surface area contributed by atoms with Crippen LogP contribution in [0, 0.1) is 6.92 Å². The second kappa shape index (κ2) is 5.61. The number of aromatic nitrogens is 1. The van der Waals surface area contributed by atoms with E-state index in [9.17, 15) is 4.79 Å². The van der Waals surface area contributed by atoms with Gasteiger partial charge in [-0.1, -0.05) is 47.2 Å². The van der Waals surface area contributed by atoms with Crippen LogP contribution in [-0.4, -0.2) is 10.5 Å². The summed E-state index contributed by atoms with van der Waals surface area (Å²) < 4.78 is 8.41. The zero-order chi connectivity index (χ0) is 16.8. The molecule has 0 fully saturated rings. The van der Waals surface area contributed by atoms with Crippen molar-refractivity contribution in [1.29, 1.82) is 0 Å². The molecular weight excluding hydrogens is 344 g/mol. The monoisotopic (exact) mass is 356 g/mol. The number of hydrogen-bond donors (Lipinski definition) is 0. The summed E-state index contributed by atoms with van der Waals surface area (Å²) in [4.78, 5) is 17.3. The van der Waals surface area contributed by atoms with Crippen LogP contribution in [0.15, 0.2) is 51.9 Å². The molecule has 2 heterocycles. The van der Waals surface area contributed by atoms with E-state index in [1.165, 1.54) is 11.3 Å². The Balaban J connectivity index is 1.87. The number of para-hydroxylation sites is 1. The molecule has 4 rings (SSSR count). The molecule has 0 spiro atoms. The van der Waals surface area contributed by atoms with Crippen LogP contribution >= 0.6 is 22.9 Å². The third-order valence-electron chi connectivity index (χ3n) is 3.93. The summed E-state index contributed by atoms with van der Waals surface area (Å²) in [5, 5.41) is 1.55. The smallest absolute Gasteiger partial charge is 0.315 e. The second-order valence-electron chi connectivity index (χ2n) is 5.55. The van der Waals surface area contributed by atoms with Gasteiger partial charge < -0.3 is 8.98 Å². The molecule has 0 atom stereocenters. The van der Waals surface area contributed by atoms with Crippen molar-refractivity contribution < 1.29 is 9.21 Å². The van der Waals surface area contributed by atoms with Crippen LogP contribution in [0.2, 0.25) is 5.02 Å². The number of carbonyl (C=O) groups excluding carboxylic acids is 1. The number of hydrogen-bond acceptors (Lipinski definition) is 3. The van der Waals surface area contributed by atoms with Crippen LogP contribution in [0.25, 0.3) is 21.2 Å². The van der Waals surface area contributed by atoms with Gasteiger partial charge in [0.1, 0.15) is 5.58 Å². The van der Waals surface area contributed by atoms with Crippen molar-refractivity contribution in [3.63, 3.8) is 0 Å². The van der Waals surface area contributed by atoms with E-state index in [0.29, 0.717) is 15.4 Å². The molecule has 120 valence electrons. The number of fused-ring (bicyclic) bond motifs is 2.